The molecular formula is C14H26N2O3S2. The minimum absolute atomic E-state index is 0.466. The van der Waals surface area contributed by atoms with Gasteiger partial charge >= 0.3 is 0 Å². The summed E-state index contributed by atoms with van der Waals surface area (Å²) in [7, 11) is -0.176. The van der Waals surface area contributed by atoms with Crippen LogP contribution in [0.15, 0.2) is 10.3 Å². The molecule has 0 amide bonds. The summed E-state index contributed by atoms with van der Waals surface area (Å²) in [5, 5.41) is 5.19. The van der Waals surface area contributed by atoms with Gasteiger partial charge in [-0.05, 0) is 37.3 Å². The molecule has 0 fully saturated rings. The van der Waals surface area contributed by atoms with Gasteiger partial charge < -0.3 is 10.1 Å². The first kappa shape index (κ1) is 18.6. The number of methoxy groups -OCH3 is 1. The molecule has 0 spiro atoms. The molecule has 0 saturated carbocycles. The second kappa shape index (κ2) is 8.85. The van der Waals surface area contributed by atoms with Gasteiger partial charge in [0, 0.05) is 38.7 Å². The maximum absolute atomic E-state index is 12.7. The van der Waals surface area contributed by atoms with Crippen LogP contribution in [-0.2, 0) is 21.3 Å². The minimum atomic E-state index is -3.43. The standard InChI is InChI=1S/C14H26N2O3S2/c1-5-7-15-10-13-14(12(2)11-20-13)21(17,18)16(3)8-6-9-19-4/h11,15H,5-10H2,1-4H3. The van der Waals surface area contributed by atoms with Crippen LogP contribution in [0.4, 0.5) is 0 Å². The van der Waals surface area contributed by atoms with E-state index in [0.29, 0.717) is 31.0 Å². The van der Waals surface area contributed by atoms with Gasteiger partial charge in [-0.1, -0.05) is 6.92 Å². The summed E-state index contributed by atoms with van der Waals surface area (Å²) in [6.45, 7) is 6.47. The molecule has 0 aliphatic heterocycles. The molecule has 0 aliphatic carbocycles. The second-order valence-electron chi connectivity index (χ2n) is 5.02. The van der Waals surface area contributed by atoms with E-state index in [1.807, 2.05) is 12.3 Å². The number of rotatable bonds is 10. The van der Waals surface area contributed by atoms with Crippen LogP contribution in [0.2, 0.25) is 0 Å². The number of sulfonamides is 1. The molecular weight excluding hydrogens is 308 g/mol. The summed E-state index contributed by atoms with van der Waals surface area (Å²) in [5.41, 5.74) is 0.826. The first-order valence-electron chi connectivity index (χ1n) is 7.18. The van der Waals surface area contributed by atoms with Crippen LogP contribution in [0.3, 0.4) is 0 Å². The Morgan fingerprint density at radius 1 is 1.43 bits per heavy atom. The maximum atomic E-state index is 12.7. The highest BCUT2D eigenvalue weighted by Gasteiger charge is 2.26. The molecule has 0 aromatic carbocycles. The van der Waals surface area contributed by atoms with Crippen LogP contribution in [-0.4, -0.2) is 46.6 Å². The van der Waals surface area contributed by atoms with Crippen LogP contribution in [0.5, 0.6) is 0 Å². The number of nitrogens with one attached hydrogen (secondary N) is 1. The van der Waals surface area contributed by atoms with Crippen molar-refractivity contribution in [3.05, 3.63) is 15.8 Å². The van der Waals surface area contributed by atoms with Crippen molar-refractivity contribution in [1.82, 2.24) is 9.62 Å². The summed E-state index contributed by atoms with van der Waals surface area (Å²) >= 11 is 1.51. The Hall–Kier alpha value is -0.470. The Morgan fingerprint density at radius 3 is 2.76 bits per heavy atom. The molecule has 1 aromatic rings. The Labute approximate surface area is 132 Å². The number of hydrogen-bond acceptors (Lipinski definition) is 5. The lowest BCUT2D eigenvalue weighted by Crippen LogP contribution is -2.30. The minimum Gasteiger partial charge on any atom is -0.385 e. The molecule has 0 aliphatic rings. The molecule has 0 saturated heterocycles. The predicted molar refractivity (Wildman–Crippen MR) is 87.4 cm³/mol. The van der Waals surface area contributed by atoms with Crippen molar-refractivity contribution in [3.8, 4) is 0 Å². The Kier molecular flexibility index (Phi) is 7.83. The van der Waals surface area contributed by atoms with Gasteiger partial charge in [0.1, 0.15) is 4.90 Å². The summed E-state index contributed by atoms with van der Waals surface area (Å²) in [4.78, 5) is 1.36. The number of thiophene rings is 1. The van der Waals surface area contributed by atoms with Gasteiger partial charge in [0.05, 0.1) is 0 Å². The predicted octanol–water partition coefficient (Wildman–Crippen LogP) is 2.21. The van der Waals surface area contributed by atoms with E-state index in [0.717, 1.165) is 23.4 Å². The van der Waals surface area contributed by atoms with E-state index >= 15 is 0 Å². The zero-order chi connectivity index (χ0) is 15.9. The van der Waals surface area contributed by atoms with E-state index in [4.69, 9.17) is 4.74 Å². The number of hydrogen-bond donors (Lipinski definition) is 1. The van der Waals surface area contributed by atoms with Crippen molar-refractivity contribution in [2.24, 2.45) is 0 Å². The van der Waals surface area contributed by atoms with E-state index in [1.165, 1.54) is 15.6 Å². The van der Waals surface area contributed by atoms with Gasteiger partial charge in [0.15, 0.2) is 0 Å². The molecule has 1 rings (SSSR count). The van der Waals surface area contributed by atoms with Gasteiger partial charge in [-0.15, -0.1) is 11.3 Å². The fourth-order valence-electron chi connectivity index (χ4n) is 2.04. The van der Waals surface area contributed by atoms with E-state index in [-0.39, 0.29) is 0 Å². The number of nitrogens with zero attached hydrogens (tertiary/aromatic N) is 1. The third-order valence-corrected chi connectivity index (χ3v) is 6.51. The highest BCUT2D eigenvalue weighted by atomic mass is 32.2. The van der Waals surface area contributed by atoms with Crippen molar-refractivity contribution in [1.29, 1.82) is 0 Å². The molecule has 1 N–H and O–H groups in total. The van der Waals surface area contributed by atoms with E-state index in [1.54, 1.807) is 14.2 Å². The van der Waals surface area contributed by atoms with Crippen LogP contribution in [0.25, 0.3) is 0 Å². The zero-order valence-corrected chi connectivity index (χ0v) is 14.9. The molecule has 1 heterocycles. The summed E-state index contributed by atoms with van der Waals surface area (Å²) in [5.74, 6) is 0. The SMILES string of the molecule is CCCNCc1scc(C)c1S(=O)(=O)N(C)CCCOC. The first-order chi connectivity index (χ1) is 9.95. The fraction of sp³-hybridized carbons (Fsp3) is 0.714. The third-order valence-electron chi connectivity index (χ3n) is 3.19. The maximum Gasteiger partial charge on any atom is 0.244 e. The fourth-order valence-corrected chi connectivity index (χ4v) is 4.97. The smallest absolute Gasteiger partial charge is 0.244 e. The number of ether oxygens (including phenoxy) is 1. The highest BCUT2D eigenvalue weighted by molar-refractivity contribution is 7.89. The lowest BCUT2D eigenvalue weighted by Gasteiger charge is -2.18. The molecule has 0 unspecified atom stereocenters. The summed E-state index contributed by atoms with van der Waals surface area (Å²) in [6.07, 6.45) is 1.72. The molecule has 0 atom stereocenters. The summed E-state index contributed by atoms with van der Waals surface area (Å²) < 4.78 is 31.9. The van der Waals surface area contributed by atoms with Crippen molar-refractivity contribution < 1.29 is 13.2 Å². The molecule has 5 nitrogen and oxygen atoms in total. The molecule has 122 valence electrons. The van der Waals surface area contributed by atoms with Gasteiger partial charge in [-0.25, -0.2) is 12.7 Å². The normalized spacial score (nSPS) is 12.2. The monoisotopic (exact) mass is 334 g/mol. The zero-order valence-electron chi connectivity index (χ0n) is 13.3. The van der Waals surface area contributed by atoms with Crippen molar-refractivity contribution >= 4 is 21.4 Å². The summed E-state index contributed by atoms with van der Waals surface area (Å²) in [6, 6.07) is 0. The van der Waals surface area contributed by atoms with Gasteiger partial charge in [0.25, 0.3) is 0 Å². The Morgan fingerprint density at radius 2 is 2.14 bits per heavy atom. The van der Waals surface area contributed by atoms with E-state index in [2.05, 4.69) is 12.2 Å². The lowest BCUT2D eigenvalue weighted by molar-refractivity contribution is 0.189. The Bertz CT molecular complexity index is 526. The van der Waals surface area contributed by atoms with Crippen LogP contribution >= 0.6 is 11.3 Å². The van der Waals surface area contributed by atoms with Gasteiger partial charge in [-0.3, -0.25) is 0 Å². The average molecular weight is 335 g/mol. The molecule has 1 aromatic heterocycles. The second-order valence-corrected chi connectivity index (χ2v) is 7.97. The van der Waals surface area contributed by atoms with Crippen molar-refractivity contribution in [3.63, 3.8) is 0 Å². The van der Waals surface area contributed by atoms with Crippen LogP contribution in [0.1, 0.15) is 30.2 Å². The first-order valence-corrected chi connectivity index (χ1v) is 9.50. The van der Waals surface area contributed by atoms with Crippen molar-refractivity contribution in [2.45, 2.75) is 38.1 Å². The molecule has 0 bridgehead atoms. The number of aryl methyl sites for hydroxylation is 1. The van der Waals surface area contributed by atoms with Gasteiger partial charge in [0.2, 0.25) is 10.0 Å². The average Bonchev–Trinajstić information content (AvgIpc) is 2.81. The van der Waals surface area contributed by atoms with E-state index in [9.17, 15) is 8.42 Å². The topological polar surface area (TPSA) is 58.6 Å². The van der Waals surface area contributed by atoms with E-state index < -0.39 is 10.0 Å². The molecule has 0 radical (unpaired) electrons. The molecule has 7 heteroatoms. The lowest BCUT2D eigenvalue weighted by atomic mass is 10.3. The van der Waals surface area contributed by atoms with Gasteiger partial charge in [-0.2, -0.15) is 0 Å². The quantitative estimate of drug-likeness (QED) is 0.667. The van der Waals surface area contributed by atoms with Crippen LogP contribution < -0.4 is 5.32 Å². The van der Waals surface area contributed by atoms with Crippen molar-refractivity contribution in [2.75, 3.05) is 33.9 Å². The highest BCUT2D eigenvalue weighted by Crippen LogP contribution is 2.29. The molecule has 21 heavy (non-hydrogen) atoms. The largest absolute Gasteiger partial charge is 0.385 e. The van der Waals surface area contributed by atoms with Crippen LogP contribution in [0, 0.1) is 6.92 Å². The third kappa shape index (κ3) is 5.03. The Balaban J connectivity index is 2.88.